The van der Waals surface area contributed by atoms with Gasteiger partial charge in [0.2, 0.25) is 0 Å². The van der Waals surface area contributed by atoms with Gasteiger partial charge in [-0.2, -0.15) is 0 Å². The molecule has 0 fully saturated rings. The number of ether oxygens (including phenoxy) is 1. The van der Waals surface area contributed by atoms with Crippen molar-refractivity contribution in [1.29, 1.82) is 4.78 Å². The van der Waals surface area contributed by atoms with Gasteiger partial charge in [0, 0.05) is 18.1 Å². The predicted octanol–water partition coefficient (Wildman–Crippen LogP) is 4.96. The van der Waals surface area contributed by atoms with E-state index in [4.69, 9.17) is 9.52 Å². The van der Waals surface area contributed by atoms with Gasteiger partial charge in [-0.05, 0) is 30.7 Å². The van der Waals surface area contributed by atoms with E-state index in [9.17, 15) is 14.1 Å². The largest absolute Gasteiger partial charge is 0.478 e. The Bertz CT molecular complexity index is 1120. The van der Waals surface area contributed by atoms with Crippen molar-refractivity contribution in [1.82, 2.24) is 9.71 Å². The molecule has 3 rings (SSSR count). The van der Waals surface area contributed by atoms with E-state index in [2.05, 4.69) is 15.0 Å². The van der Waals surface area contributed by atoms with E-state index >= 15 is 0 Å². The number of hydrogen-bond acceptors (Lipinski definition) is 7. The van der Waals surface area contributed by atoms with Crippen LogP contribution in [-0.2, 0) is 16.5 Å². The van der Waals surface area contributed by atoms with Crippen LogP contribution in [0.3, 0.4) is 0 Å². The first-order valence-corrected chi connectivity index (χ1v) is 12.1. The van der Waals surface area contributed by atoms with Crippen LogP contribution in [0.5, 0.6) is 11.5 Å². The van der Waals surface area contributed by atoms with Crippen LogP contribution in [0.4, 0.5) is 5.69 Å². The van der Waals surface area contributed by atoms with E-state index in [1.807, 2.05) is 13.0 Å². The number of nitrogens with zero attached hydrogens (tertiary/aromatic N) is 1. The van der Waals surface area contributed by atoms with E-state index in [1.54, 1.807) is 35.8 Å². The van der Waals surface area contributed by atoms with Gasteiger partial charge in [0.25, 0.3) is 0 Å². The molecule has 31 heavy (non-hydrogen) atoms. The average molecular weight is 461 g/mol. The Kier molecular flexibility index (Phi) is 7.61. The van der Waals surface area contributed by atoms with Gasteiger partial charge in [-0.25, -0.2) is 23.5 Å². The van der Waals surface area contributed by atoms with Crippen LogP contribution in [0.1, 0.15) is 35.1 Å². The van der Waals surface area contributed by atoms with Crippen molar-refractivity contribution in [3.63, 3.8) is 0 Å². The Morgan fingerprint density at radius 3 is 2.71 bits per heavy atom. The molecular formula is C21H24N4O4S2. The molecule has 10 heteroatoms. The van der Waals surface area contributed by atoms with E-state index in [0.29, 0.717) is 23.0 Å². The smallest absolute Gasteiger partial charge is 0.335 e. The molecule has 2 aromatic carbocycles. The molecule has 0 spiro atoms. The molecule has 8 nitrogen and oxygen atoms in total. The first kappa shape index (κ1) is 22.7. The third-order valence-corrected chi connectivity index (χ3v) is 6.58. The molecule has 4 N–H and O–H groups in total. The molecule has 0 aliphatic carbocycles. The van der Waals surface area contributed by atoms with E-state index in [-0.39, 0.29) is 22.8 Å². The molecule has 0 radical (unpaired) electrons. The highest BCUT2D eigenvalue weighted by Crippen LogP contribution is 2.38. The van der Waals surface area contributed by atoms with E-state index in [0.717, 1.165) is 12.8 Å². The quantitative estimate of drug-likeness (QED) is 0.300. The number of thiazole rings is 1. The summed E-state index contributed by atoms with van der Waals surface area (Å²) in [5.74, 6) is -0.527. The summed E-state index contributed by atoms with van der Waals surface area (Å²) in [5.41, 5.74) is 0.300. The highest BCUT2D eigenvalue weighted by molar-refractivity contribution is 7.90. The summed E-state index contributed by atoms with van der Waals surface area (Å²) >= 11 is 1.37. The molecule has 1 unspecified atom stereocenters. The van der Waals surface area contributed by atoms with Crippen LogP contribution >= 0.6 is 11.3 Å². The number of nitrogens with one attached hydrogen (secondary N) is 3. The Balaban J connectivity index is 2.07. The number of hydrogen-bond donors (Lipinski definition) is 4. The van der Waals surface area contributed by atoms with Gasteiger partial charge in [0.05, 0.1) is 17.8 Å². The summed E-state index contributed by atoms with van der Waals surface area (Å²) in [6.45, 7) is 2.73. The second-order valence-electron chi connectivity index (χ2n) is 6.65. The number of rotatable bonds is 11. The molecular weight excluding hydrogens is 436 g/mol. The number of para-hydroxylation sites is 1. The first-order valence-electron chi connectivity index (χ1n) is 9.70. The maximum atomic E-state index is 13.4. The van der Waals surface area contributed by atoms with Crippen LogP contribution < -0.4 is 14.8 Å². The van der Waals surface area contributed by atoms with Crippen molar-refractivity contribution in [2.75, 3.05) is 11.9 Å². The van der Waals surface area contributed by atoms with Crippen LogP contribution in [-0.4, -0.2) is 26.8 Å². The summed E-state index contributed by atoms with van der Waals surface area (Å²) in [6, 6.07) is 11.6. The number of aromatic carboxylic acids is 1. The Labute approximate surface area is 185 Å². The molecule has 1 aromatic heterocycles. The monoisotopic (exact) mass is 460 g/mol. The van der Waals surface area contributed by atoms with Gasteiger partial charge in [-0.15, -0.1) is 11.3 Å². The fourth-order valence-electron chi connectivity index (χ4n) is 2.76. The molecule has 0 saturated carbocycles. The molecule has 1 heterocycles. The lowest BCUT2D eigenvalue weighted by Crippen LogP contribution is -2.23. The summed E-state index contributed by atoms with van der Waals surface area (Å²) < 4.78 is 30.6. The molecule has 0 saturated heterocycles. The number of unbranched alkanes of at least 4 members (excludes halogenated alkanes) is 1. The zero-order chi connectivity index (χ0) is 22.3. The Morgan fingerprint density at radius 1 is 1.29 bits per heavy atom. The van der Waals surface area contributed by atoms with Crippen molar-refractivity contribution in [2.45, 2.75) is 31.2 Å². The fourth-order valence-corrected chi connectivity index (χ4v) is 4.61. The SMILES string of the molecule is CCCCNc1cc(C(=O)O)cc(S(=N)(=O)NCc2nccs2)c1Oc1ccccc1. The van der Waals surface area contributed by atoms with Gasteiger partial charge in [0.1, 0.15) is 25.6 Å². The molecule has 0 amide bonds. The molecule has 164 valence electrons. The number of anilines is 1. The highest BCUT2D eigenvalue weighted by Gasteiger charge is 2.24. The minimum absolute atomic E-state index is 0.0354. The normalized spacial score (nSPS) is 12.8. The second kappa shape index (κ2) is 10.4. The minimum Gasteiger partial charge on any atom is -0.478 e. The highest BCUT2D eigenvalue weighted by atomic mass is 32.2. The number of aromatic nitrogens is 1. The number of carboxylic acids is 1. The number of carboxylic acid groups (broad SMARTS) is 1. The molecule has 3 aromatic rings. The summed E-state index contributed by atoms with van der Waals surface area (Å²) in [7, 11) is -3.61. The zero-order valence-corrected chi connectivity index (χ0v) is 18.6. The molecule has 1 atom stereocenters. The first-order chi connectivity index (χ1) is 14.9. The van der Waals surface area contributed by atoms with Crippen LogP contribution in [0.15, 0.2) is 58.9 Å². The maximum absolute atomic E-state index is 13.4. The van der Waals surface area contributed by atoms with Crippen molar-refractivity contribution >= 4 is 32.9 Å². The third kappa shape index (κ3) is 6.03. The topological polar surface area (TPSA) is 124 Å². The molecule has 0 aliphatic rings. The molecule has 0 aliphatic heterocycles. The van der Waals surface area contributed by atoms with Crippen molar-refractivity contribution in [3.05, 3.63) is 64.6 Å². The van der Waals surface area contributed by atoms with Crippen molar-refractivity contribution < 1.29 is 18.8 Å². The Hall–Kier alpha value is -2.95. The van der Waals surface area contributed by atoms with Gasteiger partial charge in [-0.1, -0.05) is 31.5 Å². The minimum atomic E-state index is -3.61. The summed E-state index contributed by atoms with van der Waals surface area (Å²) in [6.07, 6.45) is 3.42. The predicted molar refractivity (Wildman–Crippen MR) is 121 cm³/mol. The van der Waals surface area contributed by atoms with Crippen LogP contribution in [0, 0.1) is 4.78 Å². The van der Waals surface area contributed by atoms with Crippen LogP contribution in [0.25, 0.3) is 0 Å². The Morgan fingerprint density at radius 2 is 2.06 bits per heavy atom. The number of benzene rings is 2. The lowest BCUT2D eigenvalue weighted by atomic mass is 10.1. The standard InChI is InChI=1S/C21H24N4O4S2/c1-2-3-9-23-17-12-15(21(26)27)13-18(20(17)29-16-7-5-4-6-8-16)31(22,28)25-14-19-24-10-11-30-19/h4-8,10-13,23H,2-3,9,14H2,1H3,(H,26,27)(H2,22,25,28). The van der Waals surface area contributed by atoms with Crippen molar-refractivity contribution in [3.8, 4) is 11.5 Å². The average Bonchev–Trinajstić information content (AvgIpc) is 3.28. The van der Waals surface area contributed by atoms with Gasteiger partial charge in [-0.3, -0.25) is 0 Å². The van der Waals surface area contributed by atoms with Crippen LogP contribution in [0.2, 0.25) is 0 Å². The zero-order valence-electron chi connectivity index (χ0n) is 17.0. The van der Waals surface area contributed by atoms with E-state index < -0.39 is 15.9 Å². The lowest BCUT2D eigenvalue weighted by molar-refractivity contribution is 0.0696. The summed E-state index contributed by atoms with van der Waals surface area (Å²) in [4.78, 5) is 15.8. The molecule has 0 bridgehead atoms. The summed E-state index contributed by atoms with van der Waals surface area (Å²) in [5, 5.41) is 15.2. The van der Waals surface area contributed by atoms with Gasteiger partial charge >= 0.3 is 5.97 Å². The second-order valence-corrected chi connectivity index (χ2v) is 9.47. The van der Waals surface area contributed by atoms with Gasteiger partial charge < -0.3 is 15.2 Å². The van der Waals surface area contributed by atoms with Crippen molar-refractivity contribution in [2.24, 2.45) is 0 Å². The van der Waals surface area contributed by atoms with Gasteiger partial charge in [0.15, 0.2) is 5.75 Å². The maximum Gasteiger partial charge on any atom is 0.335 e. The van der Waals surface area contributed by atoms with E-state index in [1.165, 1.54) is 23.5 Å². The lowest BCUT2D eigenvalue weighted by Gasteiger charge is -2.19. The fraction of sp³-hybridized carbons (Fsp3) is 0.238. The number of carbonyl (C=O) groups is 1. The third-order valence-electron chi connectivity index (χ3n) is 4.33.